The summed E-state index contributed by atoms with van der Waals surface area (Å²) in [4.78, 5) is 0. The molecule has 0 saturated carbocycles. The van der Waals surface area contributed by atoms with Crippen molar-refractivity contribution in [2.45, 2.75) is 13.5 Å². The van der Waals surface area contributed by atoms with E-state index in [1.807, 2.05) is 6.92 Å². The van der Waals surface area contributed by atoms with E-state index in [2.05, 4.69) is 5.16 Å². The predicted octanol–water partition coefficient (Wildman–Crippen LogP) is 2.28. The summed E-state index contributed by atoms with van der Waals surface area (Å²) in [5.41, 5.74) is 6.78. The number of hydrogen-bond acceptors (Lipinski definition) is 4. The Morgan fingerprint density at radius 2 is 2.25 bits per heavy atom. The van der Waals surface area contributed by atoms with E-state index in [4.69, 9.17) is 15.0 Å². The lowest BCUT2D eigenvalue weighted by Gasteiger charge is -2.06. The summed E-state index contributed by atoms with van der Waals surface area (Å²) in [6, 6.07) is 5.71. The maximum absolute atomic E-state index is 12.9. The van der Waals surface area contributed by atoms with Crippen LogP contribution in [0.4, 0.5) is 10.1 Å². The second kappa shape index (κ2) is 4.22. The molecule has 2 aromatic rings. The van der Waals surface area contributed by atoms with Crippen LogP contribution in [-0.4, -0.2) is 5.16 Å². The highest BCUT2D eigenvalue weighted by molar-refractivity contribution is 5.52. The molecule has 0 spiro atoms. The van der Waals surface area contributed by atoms with E-state index in [0.29, 0.717) is 17.2 Å². The van der Waals surface area contributed by atoms with Crippen LogP contribution in [0.2, 0.25) is 0 Å². The molecule has 0 unspecified atom stereocenters. The first-order chi connectivity index (χ1) is 7.65. The van der Waals surface area contributed by atoms with Gasteiger partial charge in [-0.25, -0.2) is 4.39 Å². The topological polar surface area (TPSA) is 61.3 Å². The molecule has 0 amide bonds. The summed E-state index contributed by atoms with van der Waals surface area (Å²) in [6.45, 7) is 1.98. The Balaban J connectivity index is 2.07. The molecule has 0 bridgehead atoms. The van der Waals surface area contributed by atoms with Crippen LogP contribution in [0.1, 0.15) is 11.5 Å². The fourth-order valence-electron chi connectivity index (χ4n) is 1.27. The van der Waals surface area contributed by atoms with Crippen molar-refractivity contribution in [3.63, 3.8) is 0 Å². The summed E-state index contributed by atoms with van der Waals surface area (Å²) >= 11 is 0. The molecule has 84 valence electrons. The highest BCUT2D eigenvalue weighted by Crippen LogP contribution is 2.23. The minimum absolute atomic E-state index is 0.175. The number of anilines is 1. The van der Waals surface area contributed by atoms with Crippen LogP contribution in [0.5, 0.6) is 5.75 Å². The zero-order valence-electron chi connectivity index (χ0n) is 8.74. The van der Waals surface area contributed by atoms with Gasteiger partial charge in [-0.05, 0) is 19.1 Å². The molecule has 0 aliphatic carbocycles. The molecule has 1 heterocycles. The fraction of sp³-hybridized carbons (Fsp3) is 0.182. The van der Waals surface area contributed by atoms with E-state index in [1.165, 1.54) is 18.2 Å². The zero-order chi connectivity index (χ0) is 11.5. The van der Waals surface area contributed by atoms with Crippen molar-refractivity contribution in [3.05, 3.63) is 41.5 Å². The van der Waals surface area contributed by atoms with Crippen LogP contribution in [-0.2, 0) is 6.61 Å². The number of ether oxygens (including phenoxy) is 1. The van der Waals surface area contributed by atoms with E-state index in [1.54, 1.807) is 6.07 Å². The molecular formula is C11H11FN2O2. The molecule has 5 heteroatoms. The third kappa shape index (κ3) is 2.31. The number of nitrogens with two attached hydrogens (primary N) is 1. The Hall–Kier alpha value is -2.04. The summed E-state index contributed by atoms with van der Waals surface area (Å²) in [5, 5.41) is 3.71. The van der Waals surface area contributed by atoms with Crippen LogP contribution in [0.15, 0.2) is 28.8 Å². The normalized spacial score (nSPS) is 10.4. The van der Waals surface area contributed by atoms with Gasteiger partial charge in [0.15, 0.2) is 5.76 Å². The molecule has 0 aliphatic rings. The van der Waals surface area contributed by atoms with Crippen molar-refractivity contribution in [3.8, 4) is 5.75 Å². The lowest BCUT2D eigenvalue weighted by molar-refractivity contribution is 0.249. The Labute approximate surface area is 91.8 Å². The summed E-state index contributed by atoms with van der Waals surface area (Å²) in [7, 11) is 0. The lowest BCUT2D eigenvalue weighted by Crippen LogP contribution is -1.98. The number of nitrogen functional groups attached to an aromatic ring is 1. The van der Waals surface area contributed by atoms with E-state index in [-0.39, 0.29) is 6.61 Å². The van der Waals surface area contributed by atoms with Crippen LogP contribution in [0, 0.1) is 12.7 Å². The molecule has 16 heavy (non-hydrogen) atoms. The van der Waals surface area contributed by atoms with Gasteiger partial charge in [0.1, 0.15) is 18.2 Å². The van der Waals surface area contributed by atoms with Crippen molar-refractivity contribution in [2.24, 2.45) is 0 Å². The molecule has 1 aromatic carbocycles. The van der Waals surface area contributed by atoms with Gasteiger partial charge in [0, 0.05) is 12.1 Å². The van der Waals surface area contributed by atoms with Gasteiger partial charge >= 0.3 is 0 Å². The average molecular weight is 222 g/mol. The molecule has 0 radical (unpaired) electrons. The predicted molar refractivity (Wildman–Crippen MR) is 56.4 cm³/mol. The molecule has 0 atom stereocenters. The maximum atomic E-state index is 12.9. The van der Waals surface area contributed by atoms with Gasteiger partial charge < -0.3 is 15.0 Å². The van der Waals surface area contributed by atoms with Crippen molar-refractivity contribution in [1.82, 2.24) is 5.16 Å². The Morgan fingerprint density at radius 3 is 2.94 bits per heavy atom. The minimum Gasteiger partial charge on any atom is -0.483 e. The molecule has 0 saturated heterocycles. The average Bonchev–Trinajstić information content (AvgIpc) is 2.66. The number of halogens is 1. The number of nitrogens with zero attached hydrogens (tertiary/aromatic N) is 1. The number of benzene rings is 1. The zero-order valence-corrected chi connectivity index (χ0v) is 8.74. The summed E-state index contributed by atoms with van der Waals surface area (Å²) in [5.74, 6) is 0.480. The smallest absolute Gasteiger partial charge is 0.174 e. The van der Waals surface area contributed by atoms with E-state index in [0.717, 1.165) is 5.69 Å². The monoisotopic (exact) mass is 222 g/mol. The van der Waals surface area contributed by atoms with Gasteiger partial charge in [-0.15, -0.1) is 0 Å². The molecular weight excluding hydrogens is 211 g/mol. The quantitative estimate of drug-likeness (QED) is 0.809. The highest BCUT2D eigenvalue weighted by atomic mass is 19.1. The first-order valence-corrected chi connectivity index (χ1v) is 4.75. The third-order valence-electron chi connectivity index (χ3n) is 2.02. The van der Waals surface area contributed by atoms with Crippen molar-refractivity contribution in [2.75, 3.05) is 5.73 Å². The van der Waals surface area contributed by atoms with E-state index >= 15 is 0 Å². The molecule has 0 fully saturated rings. The molecule has 2 rings (SSSR count). The van der Waals surface area contributed by atoms with E-state index < -0.39 is 5.82 Å². The minimum atomic E-state index is -0.391. The SMILES string of the molecule is Cc1cc(COc2cc(F)ccc2N)on1. The van der Waals surface area contributed by atoms with Crippen molar-refractivity contribution < 1.29 is 13.7 Å². The Morgan fingerprint density at radius 1 is 1.44 bits per heavy atom. The molecule has 0 aliphatic heterocycles. The number of aryl methyl sites for hydroxylation is 1. The van der Waals surface area contributed by atoms with E-state index in [9.17, 15) is 4.39 Å². The third-order valence-corrected chi connectivity index (χ3v) is 2.02. The Bertz CT molecular complexity index is 496. The largest absolute Gasteiger partial charge is 0.483 e. The van der Waals surface area contributed by atoms with Crippen molar-refractivity contribution in [1.29, 1.82) is 0 Å². The first kappa shape index (κ1) is 10.5. The van der Waals surface area contributed by atoms with Crippen LogP contribution >= 0.6 is 0 Å². The Kier molecular flexibility index (Phi) is 2.76. The number of rotatable bonds is 3. The summed E-state index contributed by atoms with van der Waals surface area (Å²) < 4.78 is 23.2. The van der Waals surface area contributed by atoms with Gasteiger partial charge in [0.25, 0.3) is 0 Å². The van der Waals surface area contributed by atoms with Crippen LogP contribution in [0.25, 0.3) is 0 Å². The second-order valence-corrected chi connectivity index (χ2v) is 3.41. The van der Waals surface area contributed by atoms with Gasteiger partial charge in [-0.2, -0.15) is 0 Å². The van der Waals surface area contributed by atoms with Crippen molar-refractivity contribution >= 4 is 5.69 Å². The van der Waals surface area contributed by atoms with Gasteiger partial charge in [-0.1, -0.05) is 5.16 Å². The van der Waals surface area contributed by atoms with Crippen LogP contribution in [0.3, 0.4) is 0 Å². The van der Waals surface area contributed by atoms with Gasteiger partial charge in [-0.3, -0.25) is 0 Å². The number of aromatic nitrogens is 1. The standard InChI is InChI=1S/C11H11FN2O2/c1-7-4-9(16-14-7)6-15-11-5-8(12)2-3-10(11)13/h2-5H,6,13H2,1H3. The summed E-state index contributed by atoms with van der Waals surface area (Å²) in [6.07, 6.45) is 0. The highest BCUT2D eigenvalue weighted by Gasteiger charge is 2.05. The maximum Gasteiger partial charge on any atom is 0.174 e. The molecule has 4 nitrogen and oxygen atoms in total. The first-order valence-electron chi connectivity index (χ1n) is 4.75. The lowest BCUT2D eigenvalue weighted by atomic mass is 10.3. The number of hydrogen-bond donors (Lipinski definition) is 1. The molecule has 2 N–H and O–H groups in total. The molecule has 1 aromatic heterocycles. The van der Waals surface area contributed by atoms with Crippen LogP contribution < -0.4 is 10.5 Å². The van der Waals surface area contributed by atoms with Gasteiger partial charge in [0.2, 0.25) is 0 Å². The van der Waals surface area contributed by atoms with Gasteiger partial charge in [0.05, 0.1) is 11.4 Å². The second-order valence-electron chi connectivity index (χ2n) is 3.41. The fourth-order valence-corrected chi connectivity index (χ4v) is 1.27.